The number of halogens is 1. The number of H-pyrrole nitrogens is 1. The predicted molar refractivity (Wildman–Crippen MR) is 78.3 cm³/mol. The van der Waals surface area contributed by atoms with E-state index in [1.807, 2.05) is 0 Å². The molecule has 0 aliphatic heterocycles. The largest absolute Gasteiger partial charge is 0.316 e. The summed E-state index contributed by atoms with van der Waals surface area (Å²) in [5, 5.41) is 9.70. The van der Waals surface area contributed by atoms with Crippen molar-refractivity contribution in [2.45, 2.75) is 18.5 Å². The van der Waals surface area contributed by atoms with Gasteiger partial charge in [0.1, 0.15) is 0 Å². The topological polar surface area (TPSA) is 86.9 Å². The second kappa shape index (κ2) is 5.82. The van der Waals surface area contributed by atoms with E-state index in [0.29, 0.717) is 22.8 Å². The zero-order valence-electron chi connectivity index (χ0n) is 11.1. The maximum atomic E-state index is 12.4. The fourth-order valence-electron chi connectivity index (χ4n) is 1.75. The SMILES string of the molecule is CNCc1cn[nH]c1S(=O)(=O)Nc1cc(Cl)ccc1C. The number of nitrogens with zero attached hydrogens (tertiary/aromatic N) is 1. The number of benzene rings is 1. The van der Waals surface area contributed by atoms with Gasteiger partial charge in [-0.1, -0.05) is 17.7 Å². The number of aryl methyl sites for hydroxylation is 1. The molecule has 0 spiro atoms. The second-order valence-electron chi connectivity index (χ2n) is 4.32. The van der Waals surface area contributed by atoms with E-state index in [1.54, 1.807) is 32.2 Å². The molecule has 1 aromatic heterocycles. The highest BCUT2D eigenvalue weighted by molar-refractivity contribution is 7.92. The van der Waals surface area contributed by atoms with Crippen molar-refractivity contribution in [2.75, 3.05) is 11.8 Å². The fraction of sp³-hybridized carbons (Fsp3) is 0.250. The van der Waals surface area contributed by atoms with Crippen molar-refractivity contribution >= 4 is 27.3 Å². The first kappa shape index (κ1) is 14.8. The number of anilines is 1. The van der Waals surface area contributed by atoms with E-state index >= 15 is 0 Å². The number of hydrogen-bond acceptors (Lipinski definition) is 4. The minimum atomic E-state index is -3.73. The smallest absolute Gasteiger partial charge is 0.279 e. The van der Waals surface area contributed by atoms with E-state index in [0.717, 1.165) is 5.56 Å². The lowest BCUT2D eigenvalue weighted by Crippen LogP contribution is -2.17. The van der Waals surface area contributed by atoms with Gasteiger partial charge >= 0.3 is 0 Å². The molecule has 6 nitrogen and oxygen atoms in total. The van der Waals surface area contributed by atoms with Crippen LogP contribution in [0.3, 0.4) is 0 Å². The van der Waals surface area contributed by atoms with Crippen LogP contribution in [0.4, 0.5) is 5.69 Å². The standard InChI is InChI=1S/C12H15ClN4O2S/c1-8-3-4-10(13)5-11(8)17-20(18,19)12-9(6-14-2)7-15-16-12/h3-5,7,14,17H,6H2,1-2H3,(H,15,16). The number of rotatable bonds is 5. The monoisotopic (exact) mass is 314 g/mol. The van der Waals surface area contributed by atoms with Crippen LogP contribution in [0.2, 0.25) is 5.02 Å². The Morgan fingerprint density at radius 2 is 2.15 bits per heavy atom. The Morgan fingerprint density at radius 1 is 1.40 bits per heavy atom. The third-order valence-electron chi connectivity index (χ3n) is 2.76. The lowest BCUT2D eigenvalue weighted by atomic mass is 10.2. The zero-order chi connectivity index (χ0) is 14.8. The van der Waals surface area contributed by atoms with Crippen LogP contribution in [0.15, 0.2) is 29.4 Å². The molecular weight excluding hydrogens is 300 g/mol. The molecule has 8 heteroatoms. The van der Waals surface area contributed by atoms with Crippen molar-refractivity contribution in [2.24, 2.45) is 0 Å². The third kappa shape index (κ3) is 3.12. The molecule has 0 unspecified atom stereocenters. The van der Waals surface area contributed by atoms with Gasteiger partial charge < -0.3 is 5.32 Å². The maximum absolute atomic E-state index is 12.4. The van der Waals surface area contributed by atoms with Crippen LogP contribution >= 0.6 is 11.6 Å². The van der Waals surface area contributed by atoms with Crippen LogP contribution in [0.1, 0.15) is 11.1 Å². The molecule has 2 aromatic rings. The van der Waals surface area contributed by atoms with Crippen LogP contribution < -0.4 is 10.0 Å². The fourth-order valence-corrected chi connectivity index (χ4v) is 3.17. The summed E-state index contributed by atoms with van der Waals surface area (Å²) < 4.78 is 27.3. The zero-order valence-corrected chi connectivity index (χ0v) is 12.6. The third-order valence-corrected chi connectivity index (χ3v) is 4.37. The summed E-state index contributed by atoms with van der Waals surface area (Å²) in [4.78, 5) is 0. The molecule has 0 aliphatic rings. The molecule has 108 valence electrons. The van der Waals surface area contributed by atoms with Gasteiger partial charge in [0.05, 0.1) is 11.9 Å². The molecule has 20 heavy (non-hydrogen) atoms. The summed E-state index contributed by atoms with van der Waals surface area (Å²) in [6, 6.07) is 5.03. The molecule has 0 atom stereocenters. The Bertz CT molecular complexity index is 712. The summed E-state index contributed by atoms with van der Waals surface area (Å²) >= 11 is 5.89. The number of nitrogens with one attached hydrogen (secondary N) is 3. The van der Waals surface area contributed by atoms with E-state index in [4.69, 9.17) is 11.6 Å². The minimum Gasteiger partial charge on any atom is -0.316 e. The van der Waals surface area contributed by atoms with Gasteiger partial charge in [0.25, 0.3) is 10.0 Å². The van der Waals surface area contributed by atoms with Crippen molar-refractivity contribution in [3.05, 3.63) is 40.5 Å². The molecule has 0 radical (unpaired) electrons. The first-order valence-electron chi connectivity index (χ1n) is 5.90. The summed E-state index contributed by atoms with van der Waals surface area (Å²) in [5.41, 5.74) is 1.80. The molecule has 2 rings (SSSR count). The first-order chi connectivity index (χ1) is 9.44. The molecule has 0 aliphatic carbocycles. The Labute approximate surface area is 122 Å². The molecule has 1 aromatic carbocycles. The van der Waals surface area contributed by atoms with Crippen LogP contribution in [0.25, 0.3) is 0 Å². The van der Waals surface area contributed by atoms with Gasteiger partial charge in [0.15, 0.2) is 5.03 Å². The Kier molecular flexibility index (Phi) is 4.32. The molecule has 0 amide bonds. The molecule has 0 fully saturated rings. The van der Waals surface area contributed by atoms with Crippen LogP contribution in [0.5, 0.6) is 0 Å². The quantitative estimate of drug-likeness (QED) is 0.786. The van der Waals surface area contributed by atoms with E-state index in [-0.39, 0.29) is 5.03 Å². The number of aromatic nitrogens is 2. The van der Waals surface area contributed by atoms with Crippen LogP contribution in [-0.2, 0) is 16.6 Å². The maximum Gasteiger partial charge on any atom is 0.279 e. The average Bonchev–Trinajstić information content (AvgIpc) is 2.83. The molecule has 0 saturated heterocycles. The number of sulfonamides is 1. The summed E-state index contributed by atoms with van der Waals surface area (Å²) in [5.74, 6) is 0. The Balaban J connectivity index is 2.36. The van der Waals surface area contributed by atoms with Crippen molar-refractivity contribution < 1.29 is 8.42 Å². The van der Waals surface area contributed by atoms with E-state index in [9.17, 15) is 8.42 Å². The van der Waals surface area contributed by atoms with Gasteiger partial charge in [-0.25, -0.2) is 0 Å². The normalized spacial score (nSPS) is 11.6. The van der Waals surface area contributed by atoms with Gasteiger partial charge in [0, 0.05) is 17.1 Å². The van der Waals surface area contributed by atoms with Crippen LogP contribution in [0, 0.1) is 6.92 Å². The van der Waals surface area contributed by atoms with Gasteiger partial charge in [-0.3, -0.25) is 9.82 Å². The minimum absolute atomic E-state index is 0.0474. The first-order valence-corrected chi connectivity index (χ1v) is 7.76. The summed E-state index contributed by atoms with van der Waals surface area (Å²) in [6.07, 6.45) is 1.48. The average molecular weight is 315 g/mol. The Hall–Kier alpha value is -1.57. The van der Waals surface area contributed by atoms with E-state index in [1.165, 1.54) is 6.20 Å². The molecule has 0 bridgehead atoms. The molecule has 3 N–H and O–H groups in total. The second-order valence-corrected chi connectivity index (χ2v) is 6.38. The number of hydrogen-bond donors (Lipinski definition) is 3. The summed E-state index contributed by atoms with van der Waals surface area (Å²) in [6.45, 7) is 2.21. The van der Waals surface area contributed by atoms with Crippen molar-refractivity contribution in [1.82, 2.24) is 15.5 Å². The van der Waals surface area contributed by atoms with Gasteiger partial charge in [-0.2, -0.15) is 13.5 Å². The highest BCUT2D eigenvalue weighted by atomic mass is 35.5. The molecule has 1 heterocycles. The number of aromatic amines is 1. The van der Waals surface area contributed by atoms with Gasteiger partial charge in [-0.15, -0.1) is 0 Å². The van der Waals surface area contributed by atoms with Crippen molar-refractivity contribution in [3.8, 4) is 0 Å². The predicted octanol–water partition coefficient (Wildman–Crippen LogP) is 1.89. The van der Waals surface area contributed by atoms with Gasteiger partial charge in [-0.05, 0) is 31.7 Å². The Morgan fingerprint density at radius 3 is 2.85 bits per heavy atom. The highest BCUT2D eigenvalue weighted by Gasteiger charge is 2.21. The van der Waals surface area contributed by atoms with E-state index in [2.05, 4.69) is 20.2 Å². The van der Waals surface area contributed by atoms with Crippen LogP contribution in [-0.4, -0.2) is 25.7 Å². The van der Waals surface area contributed by atoms with Crippen molar-refractivity contribution in [3.63, 3.8) is 0 Å². The van der Waals surface area contributed by atoms with Crippen molar-refractivity contribution in [1.29, 1.82) is 0 Å². The highest BCUT2D eigenvalue weighted by Crippen LogP contribution is 2.23. The molecular formula is C12H15ClN4O2S. The summed E-state index contributed by atoms with van der Waals surface area (Å²) in [7, 11) is -1.99. The van der Waals surface area contributed by atoms with E-state index < -0.39 is 10.0 Å². The molecule has 0 saturated carbocycles. The van der Waals surface area contributed by atoms with Gasteiger partial charge in [0.2, 0.25) is 0 Å². The lowest BCUT2D eigenvalue weighted by molar-refractivity contribution is 0.595. The lowest BCUT2D eigenvalue weighted by Gasteiger charge is -2.11.